The van der Waals surface area contributed by atoms with E-state index in [1.54, 1.807) is 0 Å². The highest BCUT2D eigenvalue weighted by atomic mass is 16.6. The first kappa shape index (κ1) is 71.4. The molecule has 0 aromatic heterocycles. The maximum atomic E-state index is 12.9. The number of hydrogen-bond donors (Lipinski definition) is 0. The molecular formula is C68H124O6. The molecule has 1 unspecified atom stereocenters. The van der Waals surface area contributed by atoms with E-state index in [9.17, 15) is 14.4 Å². The van der Waals surface area contributed by atoms with Crippen molar-refractivity contribution < 1.29 is 28.6 Å². The summed E-state index contributed by atoms with van der Waals surface area (Å²) in [6.45, 7) is 6.64. The van der Waals surface area contributed by atoms with E-state index >= 15 is 0 Å². The average Bonchev–Trinajstić information content (AvgIpc) is 3.40. The molecule has 0 aliphatic heterocycles. The molecule has 0 aromatic carbocycles. The third-order valence-electron chi connectivity index (χ3n) is 14.6. The second-order valence-corrected chi connectivity index (χ2v) is 22.0. The fourth-order valence-corrected chi connectivity index (χ4v) is 9.62. The van der Waals surface area contributed by atoms with Gasteiger partial charge in [0.15, 0.2) is 6.10 Å². The van der Waals surface area contributed by atoms with Crippen molar-refractivity contribution in [2.24, 2.45) is 0 Å². The van der Waals surface area contributed by atoms with Crippen LogP contribution in [0.5, 0.6) is 0 Å². The molecule has 0 radical (unpaired) electrons. The predicted molar refractivity (Wildman–Crippen MR) is 321 cm³/mol. The summed E-state index contributed by atoms with van der Waals surface area (Å²) in [5, 5.41) is 0. The maximum absolute atomic E-state index is 12.9. The first-order valence-electron chi connectivity index (χ1n) is 32.6. The number of carbonyl (C=O) groups is 3. The monoisotopic (exact) mass is 1040 g/mol. The number of rotatable bonds is 60. The van der Waals surface area contributed by atoms with Gasteiger partial charge in [-0.3, -0.25) is 14.4 Å². The van der Waals surface area contributed by atoms with Gasteiger partial charge in [0, 0.05) is 19.3 Å². The normalized spacial score (nSPS) is 12.3. The van der Waals surface area contributed by atoms with Crippen LogP contribution in [0.3, 0.4) is 0 Å². The lowest BCUT2D eigenvalue weighted by Gasteiger charge is -2.18. The summed E-state index contributed by atoms with van der Waals surface area (Å²) in [7, 11) is 0. The number of ether oxygens (including phenoxy) is 3. The number of allylic oxidation sites excluding steroid dienone is 8. The zero-order valence-corrected chi connectivity index (χ0v) is 49.6. The molecule has 0 heterocycles. The quantitative estimate of drug-likeness (QED) is 0.0261. The Morgan fingerprint density at radius 3 is 0.797 bits per heavy atom. The minimum absolute atomic E-state index is 0.0747. The Hall–Kier alpha value is -2.63. The smallest absolute Gasteiger partial charge is 0.306 e. The van der Waals surface area contributed by atoms with Crippen LogP contribution in [-0.4, -0.2) is 37.2 Å². The summed E-state index contributed by atoms with van der Waals surface area (Å²) < 4.78 is 16.9. The Balaban J connectivity index is 4.19. The molecule has 0 rings (SSSR count). The van der Waals surface area contributed by atoms with Gasteiger partial charge in [-0.15, -0.1) is 0 Å². The molecule has 6 nitrogen and oxygen atoms in total. The summed E-state index contributed by atoms with van der Waals surface area (Å²) in [6.07, 6.45) is 78.5. The van der Waals surface area contributed by atoms with Crippen LogP contribution in [0, 0.1) is 0 Å². The van der Waals surface area contributed by atoms with E-state index < -0.39 is 6.10 Å². The topological polar surface area (TPSA) is 78.9 Å². The highest BCUT2D eigenvalue weighted by Crippen LogP contribution is 2.17. The summed E-state index contributed by atoms with van der Waals surface area (Å²) in [5.41, 5.74) is 0. The third kappa shape index (κ3) is 60.2. The molecule has 0 saturated heterocycles. The molecule has 0 N–H and O–H groups in total. The van der Waals surface area contributed by atoms with Crippen LogP contribution in [0.15, 0.2) is 48.6 Å². The van der Waals surface area contributed by atoms with Gasteiger partial charge in [0.05, 0.1) is 0 Å². The predicted octanol–water partition coefficient (Wildman–Crippen LogP) is 22.2. The first-order chi connectivity index (χ1) is 36.5. The van der Waals surface area contributed by atoms with E-state index in [0.717, 1.165) is 77.0 Å². The molecule has 0 amide bonds. The molecule has 1 atom stereocenters. The molecule has 74 heavy (non-hydrogen) atoms. The summed E-state index contributed by atoms with van der Waals surface area (Å²) in [4.78, 5) is 38.2. The van der Waals surface area contributed by atoms with Crippen molar-refractivity contribution >= 4 is 17.9 Å². The highest BCUT2D eigenvalue weighted by Gasteiger charge is 2.19. The molecule has 432 valence electrons. The van der Waals surface area contributed by atoms with E-state index in [-0.39, 0.29) is 31.1 Å². The van der Waals surface area contributed by atoms with Crippen molar-refractivity contribution in [3.05, 3.63) is 48.6 Å². The SMILES string of the molecule is CCCCC/C=C\C/C=C\C/C=C\CCCCCCCCC(=O)OC(COC(=O)CCCCCCCCCCCC)COC(=O)CCCCCCCCCCCCCCCCC/C=C\CCCCCCCCCC. The maximum Gasteiger partial charge on any atom is 0.306 e. The fraction of sp³-hybridized carbons (Fsp3) is 0.838. The Kier molecular flexibility index (Phi) is 60.7. The van der Waals surface area contributed by atoms with Gasteiger partial charge in [0.2, 0.25) is 0 Å². The Bertz CT molecular complexity index is 1280. The summed E-state index contributed by atoms with van der Waals surface area (Å²) in [6, 6.07) is 0. The Morgan fingerprint density at radius 2 is 0.486 bits per heavy atom. The number of esters is 3. The van der Waals surface area contributed by atoms with E-state index in [1.165, 1.54) is 231 Å². The van der Waals surface area contributed by atoms with E-state index in [0.29, 0.717) is 19.3 Å². The fourth-order valence-electron chi connectivity index (χ4n) is 9.62. The molecule has 6 heteroatoms. The van der Waals surface area contributed by atoms with Gasteiger partial charge in [-0.1, -0.05) is 294 Å². The molecule has 0 aliphatic rings. The minimum atomic E-state index is -0.777. The van der Waals surface area contributed by atoms with Crippen molar-refractivity contribution in [2.75, 3.05) is 13.2 Å². The van der Waals surface area contributed by atoms with Gasteiger partial charge < -0.3 is 14.2 Å². The van der Waals surface area contributed by atoms with Crippen LogP contribution in [0.25, 0.3) is 0 Å². The molecule has 0 bridgehead atoms. The molecule has 0 fully saturated rings. The van der Waals surface area contributed by atoms with Crippen molar-refractivity contribution in [3.63, 3.8) is 0 Å². The molecule has 0 saturated carbocycles. The van der Waals surface area contributed by atoms with Crippen LogP contribution < -0.4 is 0 Å². The van der Waals surface area contributed by atoms with Crippen molar-refractivity contribution in [2.45, 2.75) is 354 Å². The molecular weight excluding hydrogens is 913 g/mol. The van der Waals surface area contributed by atoms with Crippen LogP contribution in [-0.2, 0) is 28.6 Å². The van der Waals surface area contributed by atoms with Crippen molar-refractivity contribution in [1.82, 2.24) is 0 Å². The van der Waals surface area contributed by atoms with E-state index in [4.69, 9.17) is 14.2 Å². The molecule has 0 aliphatic carbocycles. The van der Waals surface area contributed by atoms with Crippen LogP contribution in [0.2, 0.25) is 0 Å². The molecule has 0 aromatic rings. The molecule has 0 spiro atoms. The first-order valence-corrected chi connectivity index (χ1v) is 32.6. The van der Waals surface area contributed by atoms with Gasteiger partial charge in [0.1, 0.15) is 13.2 Å². The van der Waals surface area contributed by atoms with Crippen molar-refractivity contribution in [3.8, 4) is 0 Å². The Morgan fingerprint density at radius 1 is 0.270 bits per heavy atom. The van der Waals surface area contributed by atoms with Crippen LogP contribution in [0.1, 0.15) is 348 Å². The lowest BCUT2D eigenvalue weighted by Crippen LogP contribution is -2.30. The lowest BCUT2D eigenvalue weighted by atomic mass is 10.0. The lowest BCUT2D eigenvalue weighted by molar-refractivity contribution is -0.167. The Labute approximate surface area is 460 Å². The van der Waals surface area contributed by atoms with E-state index in [1.807, 2.05) is 0 Å². The number of hydrogen-bond acceptors (Lipinski definition) is 6. The van der Waals surface area contributed by atoms with Crippen LogP contribution >= 0.6 is 0 Å². The standard InChI is InChI=1S/C68H124O6/c1-4-7-10-13-16-19-22-24-26-28-30-31-32-33-34-35-36-37-39-40-42-44-46-49-52-55-58-61-67(70)73-64-65(63-72-66(69)60-57-54-51-48-21-18-15-12-9-6-3)74-68(71)62-59-56-53-50-47-45-43-41-38-29-27-25-23-20-17-14-11-8-5-2/h17,20,25,27-28,30,38,41,65H,4-16,18-19,21-24,26,29,31-37,39-40,42-64H2,1-3H3/b20-17-,27-25-,30-28-,41-38-. The summed E-state index contributed by atoms with van der Waals surface area (Å²) in [5.74, 6) is -0.870. The third-order valence-corrected chi connectivity index (χ3v) is 14.6. The highest BCUT2D eigenvalue weighted by molar-refractivity contribution is 5.71. The van der Waals surface area contributed by atoms with Crippen molar-refractivity contribution in [1.29, 1.82) is 0 Å². The van der Waals surface area contributed by atoms with E-state index in [2.05, 4.69) is 69.4 Å². The second-order valence-electron chi connectivity index (χ2n) is 22.0. The zero-order valence-electron chi connectivity index (χ0n) is 49.6. The van der Waals surface area contributed by atoms with Gasteiger partial charge >= 0.3 is 17.9 Å². The van der Waals surface area contributed by atoms with Gasteiger partial charge in [-0.05, 0) is 83.5 Å². The van der Waals surface area contributed by atoms with Gasteiger partial charge in [-0.25, -0.2) is 0 Å². The second kappa shape index (κ2) is 62.9. The van der Waals surface area contributed by atoms with Gasteiger partial charge in [0.25, 0.3) is 0 Å². The van der Waals surface area contributed by atoms with Gasteiger partial charge in [-0.2, -0.15) is 0 Å². The van der Waals surface area contributed by atoms with Crippen LogP contribution in [0.4, 0.5) is 0 Å². The number of carbonyl (C=O) groups excluding carboxylic acids is 3. The zero-order chi connectivity index (χ0) is 53.6. The average molecular weight is 1040 g/mol. The summed E-state index contributed by atoms with van der Waals surface area (Å²) >= 11 is 0. The minimum Gasteiger partial charge on any atom is -0.462 e. The number of unbranched alkanes of at least 4 members (excludes halogenated alkanes) is 41. The largest absolute Gasteiger partial charge is 0.462 e.